The molecule has 1 saturated heterocycles. The lowest BCUT2D eigenvalue weighted by molar-refractivity contribution is 0.228. The lowest BCUT2D eigenvalue weighted by Crippen LogP contribution is -2.26. The highest BCUT2D eigenvalue weighted by molar-refractivity contribution is 5.16. The van der Waals surface area contributed by atoms with Gasteiger partial charge in [-0.3, -0.25) is 4.90 Å². The summed E-state index contributed by atoms with van der Waals surface area (Å²) < 4.78 is 4.39. The van der Waals surface area contributed by atoms with E-state index in [0.29, 0.717) is 6.04 Å². The van der Waals surface area contributed by atoms with E-state index in [1.54, 1.807) is 0 Å². The summed E-state index contributed by atoms with van der Waals surface area (Å²) in [4.78, 5) is 11.7. The molecular formula is C19H23N5. The molecule has 1 aliphatic rings. The van der Waals surface area contributed by atoms with Gasteiger partial charge >= 0.3 is 0 Å². The average Bonchev–Trinajstić information content (AvgIpc) is 3.31. The maximum absolute atomic E-state index is 4.61. The van der Waals surface area contributed by atoms with Crippen LogP contribution in [0.5, 0.6) is 0 Å². The molecule has 0 N–H and O–H groups in total. The van der Waals surface area contributed by atoms with Crippen LogP contribution in [0, 0.1) is 0 Å². The van der Waals surface area contributed by atoms with Crippen LogP contribution >= 0.6 is 0 Å². The van der Waals surface area contributed by atoms with Gasteiger partial charge in [-0.1, -0.05) is 30.3 Å². The summed E-state index contributed by atoms with van der Waals surface area (Å²) in [5.74, 6) is 2.29. The van der Waals surface area contributed by atoms with E-state index in [4.69, 9.17) is 0 Å². The Hall–Kier alpha value is -2.40. The van der Waals surface area contributed by atoms with Gasteiger partial charge < -0.3 is 9.13 Å². The third-order valence-corrected chi connectivity index (χ3v) is 4.86. The van der Waals surface area contributed by atoms with Crippen molar-refractivity contribution in [2.24, 2.45) is 7.05 Å². The highest BCUT2D eigenvalue weighted by atomic mass is 15.2. The molecule has 3 aromatic rings. The van der Waals surface area contributed by atoms with Gasteiger partial charge in [-0.15, -0.1) is 0 Å². The molecule has 3 heterocycles. The molecular weight excluding hydrogens is 298 g/mol. The summed E-state index contributed by atoms with van der Waals surface area (Å²) in [7, 11) is 2.08. The molecule has 0 bridgehead atoms. The van der Waals surface area contributed by atoms with Gasteiger partial charge in [-0.2, -0.15) is 0 Å². The molecule has 1 atom stereocenters. The van der Waals surface area contributed by atoms with Gasteiger partial charge in [-0.25, -0.2) is 9.97 Å². The number of benzene rings is 1. The van der Waals surface area contributed by atoms with E-state index in [2.05, 4.69) is 67.6 Å². The second-order valence-corrected chi connectivity index (χ2v) is 6.48. The molecule has 0 saturated carbocycles. The monoisotopic (exact) mass is 321 g/mol. The molecule has 124 valence electrons. The van der Waals surface area contributed by atoms with Gasteiger partial charge in [0.15, 0.2) is 0 Å². The quantitative estimate of drug-likeness (QED) is 0.725. The summed E-state index contributed by atoms with van der Waals surface area (Å²) in [6.45, 7) is 2.85. The zero-order chi connectivity index (χ0) is 16.4. The van der Waals surface area contributed by atoms with Crippen LogP contribution in [0.4, 0.5) is 0 Å². The standard InChI is InChI=1S/C19H23N5/c1-22-12-9-21-19(22)17-8-5-11-23(17)15-18-20-10-13-24(18)14-16-6-3-2-4-7-16/h2-4,6-7,9-10,12-13,17H,5,8,11,14-15H2,1H3/t17-/m1/s1. The Labute approximate surface area is 142 Å². The normalized spacial score (nSPS) is 18.3. The number of imidazole rings is 2. The number of rotatable bonds is 5. The molecule has 24 heavy (non-hydrogen) atoms. The Balaban J connectivity index is 1.51. The zero-order valence-corrected chi connectivity index (χ0v) is 14.0. The number of likely N-dealkylation sites (tertiary alicyclic amines) is 1. The van der Waals surface area contributed by atoms with Crippen LogP contribution in [0.25, 0.3) is 0 Å². The van der Waals surface area contributed by atoms with Crippen LogP contribution in [0.3, 0.4) is 0 Å². The van der Waals surface area contributed by atoms with Gasteiger partial charge in [0, 0.05) is 38.4 Å². The van der Waals surface area contributed by atoms with Crippen molar-refractivity contribution >= 4 is 0 Å². The predicted octanol–water partition coefficient (Wildman–Crippen LogP) is 3.00. The van der Waals surface area contributed by atoms with Crippen molar-refractivity contribution in [3.63, 3.8) is 0 Å². The van der Waals surface area contributed by atoms with Crippen molar-refractivity contribution < 1.29 is 0 Å². The molecule has 5 heteroatoms. The Bertz CT molecular complexity index is 789. The lowest BCUT2D eigenvalue weighted by atomic mass is 10.2. The molecule has 5 nitrogen and oxygen atoms in total. The van der Waals surface area contributed by atoms with Crippen molar-refractivity contribution in [2.75, 3.05) is 6.54 Å². The van der Waals surface area contributed by atoms with Gasteiger partial charge in [0.25, 0.3) is 0 Å². The maximum Gasteiger partial charge on any atom is 0.125 e. The molecule has 0 radical (unpaired) electrons. The Morgan fingerprint density at radius 1 is 1.04 bits per heavy atom. The predicted molar refractivity (Wildman–Crippen MR) is 93.4 cm³/mol. The second-order valence-electron chi connectivity index (χ2n) is 6.48. The molecule has 1 aromatic carbocycles. The molecule has 0 amide bonds. The maximum atomic E-state index is 4.61. The molecule has 4 rings (SSSR count). The Morgan fingerprint density at radius 3 is 2.67 bits per heavy atom. The van der Waals surface area contributed by atoms with Crippen molar-refractivity contribution in [3.05, 3.63) is 72.3 Å². The van der Waals surface area contributed by atoms with E-state index >= 15 is 0 Å². The summed E-state index contributed by atoms with van der Waals surface area (Å²) in [6, 6.07) is 11.0. The first-order valence-corrected chi connectivity index (χ1v) is 8.56. The Kier molecular flexibility index (Phi) is 4.17. The minimum absolute atomic E-state index is 0.395. The first-order chi connectivity index (χ1) is 11.8. The molecule has 0 aliphatic carbocycles. The minimum atomic E-state index is 0.395. The van der Waals surface area contributed by atoms with Gasteiger partial charge in [0.05, 0.1) is 12.6 Å². The number of nitrogens with zero attached hydrogens (tertiary/aromatic N) is 5. The van der Waals surface area contributed by atoms with E-state index in [-0.39, 0.29) is 0 Å². The SMILES string of the molecule is Cn1ccnc1[C@H]1CCCN1Cc1nccn1Cc1ccccc1. The van der Waals surface area contributed by atoms with Gasteiger partial charge in [0.1, 0.15) is 11.6 Å². The van der Waals surface area contributed by atoms with Gasteiger partial charge in [0.2, 0.25) is 0 Å². The minimum Gasteiger partial charge on any atom is -0.337 e. The topological polar surface area (TPSA) is 38.9 Å². The van der Waals surface area contributed by atoms with E-state index in [1.807, 2.05) is 18.6 Å². The molecule has 1 aliphatic heterocycles. The van der Waals surface area contributed by atoms with Crippen LogP contribution in [-0.4, -0.2) is 30.5 Å². The van der Waals surface area contributed by atoms with Crippen molar-refractivity contribution in [1.29, 1.82) is 0 Å². The third kappa shape index (κ3) is 2.99. The zero-order valence-electron chi connectivity index (χ0n) is 14.0. The van der Waals surface area contributed by atoms with Crippen LogP contribution in [-0.2, 0) is 20.1 Å². The Morgan fingerprint density at radius 2 is 1.88 bits per heavy atom. The smallest absolute Gasteiger partial charge is 0.125 e. The molecule has 2 aromatic heterocycles. The summed E-state index contributed by atoms with van der Waals surface area (Å²) in [5, 5.41) is 0. The van der Waals surface area contributed by atoms with Gasteiger partial charge in [-0.05, 0) is 24.9 Å². The lowest BCUT2D eigenvalue weighted by Gasteiger charge is -2.24. The molecule has 1 fully saturated rings. The fraction of sp³-hybridized carbons (Fsp3) is 0.368. The summed E-state index contributed by atoms with van der Waals surface area (Å²) in [5.41, 5.74) is 1.30. The van der Waals surface area contributed by atoms with Crippen LogP contribution < -0.4 is 0 Å². The fourth-order valence-corrected chi connectivity index (χ4v) is 3.60. The fourth-order valence-electron chi connectivity index (χ4n) is 3.60. The average molecular weight is 321 g/mol. The highest BCUT2D eigenvalue weighted by Gasteiger charge is 2.29. The van der Waals surface area contributed by atoms with Crippen LogP contribution in [0.2, 0.25) is 0 Å². The van der Waals surface area contributed by atoms with E-state index in [1.165, 1.54) is 18.4 Å². The van der Waals surface area contributed by atoms with Crippen molar-refractivity contribution in [3.8, 4) is 0 Å². The molecule has 0 unspecified atom stereocenters. The third-order valence-electron chi connectivity index (χ3n) is 4.86. The van der Waals surface area contributed by atoms with E-state index < -0.39 is 0 Å². The van der Waals surface area contributed by atoms with Crippen molar-refractivity contribution in [1.82, 2.24) is 24.0 Å². The highest BCUT2D eigenvalue weighted by Crippen LogP contribution is 2.31. The van der Waals surface area contributed by atoms with E-state index in [9.17, 15) is 0 Å². The first-order valence-electron chi connectivity index (χ1n) is 8.56. The molecule has 0 spiro atoms. The number of aryl methyl sites for hydroxylation is 1. The second kappa shape index (κ2) is 6.61. The number of aromatic nitrogens is 4. The first kappa shape index (κ1) is 15.1. The van der Waals surface area contributed by atoms with Crippen LogP contribution in [0.1, 0.15) is 36.1 Å². The largest absolute Gasteiger partial charge is 0.337 e. The number of hydrogen-bond acceptors (Lipinski definition) is 3. The van der Waals surface area contributed by atoms with Crippen LogP contribution in [0.15, 0.2) is 55.1 Å². The van der Waals surface area contributed by atoms with E-state index in [0.717, 1.165) is 31.3 Å². The summed E-state index contributed by atoms with van der Waals surface area (Å²) >= 11 is 0. The number of hydrogen-bond donors (Lipinski definition) is 0. The summed E-state index contributed by atoms with van der Waals surface area (Å²) in [6.07, 6.45) is 10.3. The van der Waals surface area contributed by atoms with Crippen molar-refractivity contribution in [2.45, 2.75) is 32.0 Å².